The molecule has 0 spiro atoms. The van der Waals surface area contributed by atoms with Gasteiger partial charge in [-0.3, -0.25) is 0 Å². The fraction of sp³-hybridized carbons (Fsp3) is 0.438. The predicted octanol–water partition coefficient (Wildman–Crippen LogP) is 2.25. The normalized spacial score (nSPS) is 17.6. The Balaban J connectivity index is 1.78. The molecule has 8 heteroatoms. The van der Waals surface area contributed by atoms with Gasteiger partial charge >= 0.3 is 6.03 Å². The zero-order valence-corrected chi connectivity index (χ0v) is 13.7. The Morgan fingerprint density at radius 1 is 1.50 bits per heavy atom. The van der Waals surface area contributed by atoms with E-state index in [4.69, 9.17) is 13.9 Å². The van der Waals surface area contributed by atoms with Crippen molar-refractivity contribution in [3.05, 3.63) is 36.2 Å². The van der Waals surface area contributed by atoms with E-state index in [1.165, 1.54) is 19.6 Å². The highest BCUT2D eigenvalue weighted by atomic mass is 16.5. The second-order valence-corrected chi connectivity index (χ2v) is 5.32. The first kappa shape index (κ1) is 16.3. The molecule has 2 amide bonds. The molecule has 0 bridgehead atoms. The average molecular weight is 332 g/mol. The Morgan fingerprint density at radius 3 is 3.12 bits per heavy atom. The fourth-order valence-corrected chi connectivity index (χ4v) is 2.60. The minimum absolute atomic E-state index is 0.269. The number of aromatic nitrogens is 2. The van der Waals surface area contributed by atoms with Crippen LogP contribution in [-0.2, 0) is 11.2 Å². The van der Waals surface area contributed by atoms with Gasteiger partial charge in [0.05, 0.1) is 26.5 Å². The summed E-state index contributed by atoms with van der Waals surface area (Å²) in [5.74, 6) is 1.92. The molecule has 8 nitrogen and oxygen atoms in total. The van der Waals surface area contributed by atoms with E-state index in [1.54, 1.807) is 4.90 Å². The molecule has 1 aliphatic heterocycles. The molecule has 128 valence electrons. The summed E-state index contributed by atoms with van der Waals surface area (Å²) in [5, 5.41) is 2.79. The highest BCUT2D eigenvalue weighted by molar-refractivity contribution is 5.90. The van der Waals surface area contributed by atoms with Crippen molar-refractivity contribution in [1.29, 1.82) is 0 Å². The molecule has 3 rings (SSSR count). The van der Waals surface area contributed by atoms with Gasteiger partial charge in [-0.15, -0.1) is 0 Å². The summed E-state index contributed by atoms with van der Waals surface area (Å²) in [6.07, 6.45) is 3.67. The number of nitrogens with zero attached hydrogens (tertiary/aromatic N) is 3. The highest BCUT2D eigenvalue weighted by Crippen LogP contribution is 2.28. The summed E-state index contributed by atoms with van der Waals surface area (Å²) in [5.41, 5.74) is 0.420. The van der Waals surface area contributed by atoms with Gasteiger partial charge in [-0.25, -0.2) is 9.78 Å². The lowest BCUT2D eigenvalue weighted by Gasteiger charge is -2.34. The van der Waals surface area contributed by atoms with Gasteiger partial charge in [0.1, 0.15) is 29.6 Å². The number of morpholine rings is 1. The van der Waals surface area contributed by atoms with Gasteiger partial charge < -0.3 is 24.1 Å². The molecule has 0 aliphatic carbocycles. The van der Waals surface area contributed by atoms with Gasteiger partial charge in [-0.1, -0.05) is 6.92 Å². The number of urea groups is 1. The third-order valence-electron chi connectivity index (χ3n) is 3.86. The Kier molecular flexibility index (Phi) is 4.95. The standard InChI is InChI=1S/C16H20N4O4/c1-3-11-4-5-14(24-11)13-9-23-7-6-20(13)16(21)19-12-8-17-10-18-15(12)22-2/h4-5,8,10,13H,3,6-7,9H2,1-2H3,(H,19,21)/t13-/m0/s1. The van der Waals surface area contributed by atoms with Crippen molar-refractivity contribution in [3.8, 4) is 5.88 Å². The molecule has 0 aromatic carbocycles. The summed E-state index contributed by atoms with van der Waals surface area (Å²) in [6.45, 7) is 3.36. The third kappa shape index (κ3) is 3.33. The summed E-state index contributed by atoms with van der Waals surface area (Å²) < 4.78 is 16.5. The van der Waals surface area contributed by atoms with Crippen LogP contribution in [0.5, 0.6) is 5.88 Å². The van der Waals surface area contributed by atoms with Crippen LogP contribution in [0.2, 0.25) is 0 Å². The lowest BCUT2D eigenvalue weighted by Crippen LogP contribution is -2.45. The first-order valence-corrected chi connectivity index (χ1v) is 7.81. The Morgan fingerprint density at radius 2 is 2.38 bits per heavy atom. The molecular formula is C16H20N4O4. The van der Waals surface area contributed by atoms with E-state index in [2.05, 4.69) is 15.3 Å². The molecule has 2 aromatic heterocycles. The number of rotatable bonds is 4. The van der Waals surface area contributed by atoms with Gasteiger partial charge in [0.15, 0.2) is 0 Å². The molecule has 1 aliphatic rings. The average Bonchev–Trinajstić information content (AvgIpc) is 3.11. The number of ether oxygens (including phenoxy) is 2. The number of carbonyl (C=O) groups is 1. The van der Waals surface area contributed by atoms with Crippen LogP contribution >= 0.6 is 0 Å². The van der Waals surface area contributed by atoms with Crippen LogP contribution < -0.4 is 10.1 Å². The van der Waals surface area contributed by atoms with Crippen LogP contribution in [-0.4, -0.2) is 47.8 Å². The molecule has 0 saturated carbocycles. The van der Waals surface area contributed by atoms with Gasteiger partial charge in [0, 0.05) is 13.0 Å². The Labute approximate surface area is 139 Å². The molecule has 0 radical (unpaired) electrons. The van der Waals surface area contributed by atoms with Crippen LogP contribution in [0, 0.1) is 0 Å². The van der Waals surface area contributed by atoms with E-state index in [9.17, 15) is 4.79 Å². The van der Waals surface area contributed by atoms with Crippen molar-refractivity contribution < 1.29 is 18.7 Å². The number of hydrogen-bond donors (Lipinski definition) is 1. The van der Waals surface area contributed by atoms with Crippen molar-refractivity contribution in [2.24, 2.45) is 0 Å². The number of hydrogen-bond acceptors (Lipinski definition) is 6. The number of nitrogens with one attached hydrogen (secondary N) is 1. The van der Waals surface area contributed by atoms with Crippen molar-refractivity contribution in [2.75, 3.05) is 32.2 Å². The van der Waals surface area contributed by atoms with Gasteiger partial charge in [-0.2, -0.15) is 4.98 Å². The van der Waals surface area contributed by atoms with Crippen LogP contribution in [0.15, 0.2) is 29.1 Å². The second kappa shape index (κ2) is 7.31. The van der Waals surface area contributed by atoms with E-state index in [0.717, 1.165) is 17.9 Å². The Bertz CT molecular complexity index is 703. The van der Waals surface area contributed by atoms with Crippen molar-refractivity contribution in [2.45, 2.75) is 19.4 Å². The monoisotopic (exact) mass is 332 g/mol. The van der Waals surface area contributed by atoms with E-state index < -0.39 is 0 Å². The predicted molar refractivity (Wildman–Crippen MR) is 86.0 cm³/mol. The van der Waals surface area contributed by atoms with Crippen LogP contribution in [0.25, 0.3) is 0 Å². The zero-order valence-electron chi connectivity index (χ0n) is 13.7. The molecule has 24 heavy (non-hydrogen) atoms. The summed E-state index contributed by atoms with van der Waals surface area (Å²) in [7, 11) is 1.49. The molecule has 3 heterocycles. The number of methoxy groups -OCH3 is 1. The number of amides is 2. The number of aryl methyl sites for hydroxylation is 1. The minimum Gasteiger partial charge on any atom is -0.479 e. The van der Waals surface area contributed by atoms with Crippen LogP contribution in [0.4, 0.5) is 10.5 Å². The summed E-state index contributed by atoms with van der Waals surface area (Å²) >= 11 is 0. The maximum absolute atomic E-state index is 12.7. The molecule has 1 N–H and O–H groups in total. The number of carbonyl (C=O) groups excluding carboxylic acids is 1. The molecule has 1 atom stereocenters. The smallest absolute Gasteiger partial charge is 0.322 e. The maximum Gasteiger partial charge on any atom is 0.322 e. The van der Waals surface area contributed by atoms with Crippen LogP contribution in [0.1, 0.15) is 24.5 Å². The molecule has 2 aromatic rings. The van der Waals surface area contributed by atoms with E-state index in [-0.39, 0.29) is 12.1 Å². The third-order valence-corrected chi connectivity index (χ3v) is 3.86. The van der Waals surface area contributed by atoms with Gasteiger partial charge in [0.2, 0.25) is 5.88 Å². The topological polar surface area (TPSA) is 89.7 Å². The minimum atomic E-state index is -0.272. The highest BCUT2D eigenvalue weighted by Gasteiger charge is 2.31. The van der Waals surface area contributed by atoms with Gasteiger partial charge in [-0.05, 0) is 12.1 Å². The first-order valence-electron chi connectivity index (χ1n) is 7.81. The summed E-state index contributed by atoms with van der Waals surface area (Å²) in [6, 6.07) is 3.28. The summed E-state index contributed by atoms with van der Waals surface area (Å²) in [4.78, 5) is 22.3. The number of anilines is 1. The van der Waals surface area contributed by atoms with E-state index >= 15 is 0 Å². The molecule has 1 saturated heterocycles. The quantitative estimate of drug-likeness (QED) is 0.923. The molecular weight excluding hydrogens is 312 g/mol. The first-order chi connectivity index (χ1) is 11.7. The maximum atomic E-state index is 12.7. The Hall–Kier alpha value is -2.61. The fourth-order valence-electron chi connectivity index (χ4n) is 2.60. The van der Waals surface area contributed by atoms with Crippen LogP contribution in [0.3, 0.4) is 0 Å². The SMILES string of the molecule is CCc1ccc([C@@H]2COCCN2C(=O)Nc2cncnc2OC)o1. The van der Waals surface area contributed by atoms with E-state index in [1.807, 2.05) is 19.1 Å². The van der Waals surface area contributed by atoms with Crippen molar-refractivity contribution in [3.63, 3.8) is 0 Å². The lowest BCUT2D eigenvalue weighted by atomic mass is 10.2. The molecule has 0 unspecified atom stereocenters. The second-order valence-electron chi connectivity index (χ2n) is 5.32. The molecule has 1 fully saturated rings. The number of furan rings is 1. The van der Waals surface area contributed by atoms with Crippen molar-refractivity contribution >= 4 is 11.7 Å². The van der Waals surface area contributed by atoms with Gasteiger partial charge in [0.25, 0.3) is 0 Å². The lowest BCUT2D eigenvalue weighted by molar-refractivity contribution is 0.00700. The largest absolute Gasteiger partial charge is 0.479 e. The van der Waals surface area contributed by atoms with E-state index in [0.29, 0.717) is 31.3 Å². The zero-order chi connectivity index (χ0) is 16.9. The van der Waals surface area contributed by atoms with Crippen molar-refractivity contribution in [1.82, 2.24) is 14.9 Å².